The summed E-state index contributed by atoms with van der Waals surface area (Å²) in [6.07, 6.45) is 6.65. The average Bonchev–Trinajstić information content (AvgIpc) is 2.54. The van der Waals surface area contributed by atoms with Crippen molar-refractivity contribution in [3.05, 3.63) is 47.7 Å². The molecule has 0 saturated carbocycles. The Morgan fingerprint density at radius 1 is 1.29 bits per heavy atom. The summed E-state index contributed by atoms with van der Waals surface area (Å²) in [5.74, 6) is 1.51. The van der Waals surface area contributed by atoms with E-state index in [1.165, 1.54) is 0 Å². The minimum absolute atomic E-state index is 0.0746. The molecule has 1 heterocycles. The molecular formula is C21H29NO2. The van der Waals surface area contributed by atoms with Crippen LogP contribution in [-0.2, 0) is 4.79 Å². The van der Waals surface area contributed by atoms with E-state index < -0.39 is 0 Å². The van der Waals surface area contributed by atoms with Crippen molar-refractivity contribution in [2.75, 3.05) is 20.2 Å². The predicted molar refractivity (Wildman–Crippen MR) is 99.9 cm³/mol. The summed E-state index contributed by atoms with van der Waals surface area (Å²) < 4.78 is 5.15. The second-order valence-corrected chi connectivity index (χ2v) is 7.54. The Balaban J connectivity index is 2.15. The third-order valence-electron chi connectivity index (χ3n) is 4.47. The molecule has 0 unspecified atom stereocenters. The molecule has 2 rings (SSSR count). The summed E-state index contributed by atoms with van der Waals surface area (Å²) in [5, 5.41) is 0. The number of carbonyl (C=O) groups excluding carboxylic acids is 1. The van der Waals surface area contributed by atoms with Crippen LogP contribution in [0.4, 0.5) is 0 Å². The molecule has 0 aliphatic carbocycles. The van der Waals surface area contributed by atoms with E-state index in [1.54, 1.807) is 13.2 Å². The van der Waals surface area contributed by atoms with Crippen molar-refractivity contribution in [1.29, 1.82) is 0 Å². The van der Waals surface area contributed by atoms with Crippen molar-refractivity contribution in [3.8, 4) is 5.75 Å². The summed E-state index contributed by atoms with van der Waals surface area (Å²) in [4.78, 5) is 15.0. The van der Waals surface area contributed by atoms with Crippen LogP contribution < -0.4 is 4.74 Å². The fourth-order valence-corrected chi connectivity index (χ4v) is 2.97. The predicted octanol–water partition coefficient (Wildman–Crippen LogP) is 4.55. The van der Waals surface area contributed by atoms with E-state index >= 15 is 0 Å². The quantitative estimate of drug-likeness (QED) is 0.718. The highest BCUT2D eigenvalue weighted by atomic mass is 16.5. The lowest BCUT2D eigenvalue weighted by molar-refractivity contribution is -0.112. The van der Waals surface area contributed by atoms with E-state index in [2.05, 4.69) is 38.8 Å². The van der Waals surface area contributed by atoms with Crippen LogP contribution in [0.2, 0.25) is 0 Å². The van der Waals surface area contributed by atoms with Crippen LogP contribution in [0, 0.1) is 11.3 Å². The summed E-state index contributed by atoms with van der Waals surface area (Å²) in [6.45, 7) is 10.7. The fourth-order valence-electron chi connectivity index (χ4n) is 2.97. The van der Waals surface area contributed by atoms with Crippen LogP contribution in [0.5, 0.6) is 5.75 Å². The summed E-state index contributed by atoms with van der Waals surface area (Å²) in [6, 6.07) is 7.71. The Morgan fingerprint density at radius 2 is 1.96 bits per heavy atom. The number of ketones is 1. The molecule has 3 nitrogen and oxygen atoms in total. The van der Waals surface area contributed by atoms with E-state index in [1.807, 2.05) is 30.3 Å². The molecule has 3 heteroatoms. The second kappa shape index (κ2) is 7.69. The minimum Gasteiger partial charge on any atom is -0.497 e. The summed E-state index contributed by atoms with van der Waals surface area (Å²) >= 11 is 0. The van der Waals surface area contributed by atoms with Gasteiger partial charge in [-0.2, -0.15) is 0 Å². The Kier molecular flexibility index (Phi) is 5.87. The maximum atomic E-state index is 12.7. The normalized spacial score (nSPS) is 17.2. The van der Waals surface area contributed by atoms with Crippen LogP contribution in [0.25, 0.3) is 6.08 Å². The number of hydrogen-bond acceptors (Lipinski definition) is 3. The van der Waals surface area contributed by atoms with Gasteiger partial charge in [-0.05, 0) is 41.5 Å². The molecule has 1 aliphatic rings. The van der Waals surface area contributed by atoms with Crippen molar-refractivity contribution in [1.82, 2.24) is 4.90 Å². The van der Waals surface area contributed by atoms with Gasteiger partial charge in [-0.1, -0.05) is 45.9 Å². The summed E-state index contributed by atoms with van der Waals surface area (Å²) in [7, 11) is 1.65. The standard InChI is InChI=1S/C21H29NO2/c1-16(2)14-22-13-12-21(3,4)19(15-22)20(23)11-8-17-6-9-18(24-5)10-7-17/h6-11,15-16H,12-14H2,1-5H3/b11-8+. The molecule has 24 heavy (non-hydrogen) atoms. The Hall–Kier alpha value is -2.03. The summed E-state index contributed by atoms with van der Waals surface area (Å²) in [5.41, 5.74) is 1.83. The van der Waals surface area contributed by atoms with Crippen LogP contribution >= 0.6 is 0 Å². The number of ether oxygens (including phenoxy) is 1. The van der Waals surface area contributed by atoms with Gasteiger partial charge in [0, 0.05) is 24.9 Å². The van der Waals surface area contributed by atoms with Gasteiger partial charge in [0.1, 0.15) is 5.75 Å². The lowest BCUT2D eigenvalue weighted by atomic mass is 9.77. The SMILES string of the molecule is COc1ccc(/C=C/C(=O)C2=CN(CC(C)C)CCC2(C)C)cc1. The first kappa shape index (κ1) is 18.3. The lowest BCUT2D eigenvalue weighted by Crippen LogP contribution is -2.36. The zero-order chi connectivity index (χ0) is 17.7. The van der Waals surface area contributed by atoms with Gasteiger partial charge in [-0.25, -0.2) is 0 Å². The maximum Gasteiger partial charge on any atom is 0.183 e. The van der Waals surface area contributed by atoms with Crippen LogP contribution in [0.1, 0.15) is 39.7 Å². The largest absolute Gasteiger partial charge is 0.497 e. The van der Waals surface area contributed by atoms with E-state index in [-0.39, 0.29) is 11.2 Å². The number of methoxy groups -OCH3 is 1. The van der Waals surface area contributed by atoms with Crippen molar-refractivity contribution in [2.24, 2.45) is 11.3 Å². The molecule has 0 atom stereocenters. The first-order valence-corrected chi connectivity index (χ1v) is 8.64. The van der Waals surface area contributed by atoms with Gasteiger partial charge in [0.2, 0.25) is 0 Å². The highest BCUT2D eigenvalue weighted by molar-refractivity contribution is 6.07. The molecule has 130 valence electrons. The lowest BCUT2D eigenvalue weighted by Gasteiger charge is -2.37. The van der Waals surface area contributed by atoms with Gasteiger partial charge < -0.3 is 9.64 Å². The Labute approximate surface area is 146 Å². The molecule has 1 aromatic carbocycles. The van der Waals surface area contributed by atoms with Gasteiger partial charge in [-0.3, -0.25) is 4.79 Å². The number of allylic oxidation sites excluding steroid dienone is 2. The van der Waals surface area contributed by atoms with Gasteiger partial charge in [-0.15, -0.1) is 0 Å². The van der Waals surface area contributed by atoms with Gasteiger partial charge in [0.25, 0.3) is 0 Å². The zero-order valence-corrected chi connectivity index (χ0v) is 15.5. The zero-order valence-electron chi connectivity index (χ0n) is 15.5. The number of carbonyl (C=O) groups is 1. The first-order valence-electron chi connectivity index (χ1n) is 8.64. The van der Waals surface area contributed by atoms with Crippen molar-refractivity contribution in [2.45, 2.75) is 34.1 Å². The molecule has 0 fully saturated rings. The van der Waals surface area contributed by atoms with Crippen LogP contribution in [0.15, 0.2) is 42.1 Å². The Bertz CT molecular complexity index is 624. The molecule has 0 radical (unpaired) electrons. The topological polar surface area (TPSA) is 29.5 Å². The monoisotopic (exact) mass is 327 g/mol. The highest BCUT2D eigenvalue weighted by Gasteiger charge is 2.31. The minimum atomic E-state index is -0.0746. The highest BCUT2D eigenvalue weighted by Crippen LogP contribution is 2.35. The van der Waals surface area contributed by atoms with Crippen molar-refractivity contribution >= 4 is 11.9 Å². The molecule has 0 spiro atoms. The van der Waals surface area contributed by atoms with Gasteiger partial charge in [0.15, 0.2) is 5.78 Å². The Morgan fingerprint density at radius 3 is 2.54 bits per heavy atom. The first-order chi connectivity index (χ1) is 11.3. The average molecular weight is 327 g/mol. The molecule has 0 bridgehead atoms. The number of nitrogens with zero attached hydrogens (tertiary/aromatic N) is 1. The molecule has 0 amide bonds. The third kappa shape index (κ3) is 4.73. The molecular weight excluding hydrogens is 298 g/mol. The van der Waals surface area contributed by atoms with Gasteiger partial charge >= 0.3 is 0 Å². The van der Waals surface area contributed by atoms with Crippen LogP contribution in [-0.4, -0.2) is 30.9 Å². The number of benzene rings is 1. The van der Waals surface area contributed by atoms with E-state index in [4.69, 9.17) is 4.74 Å². The number of rotatable bonds is 6. The molecule has 0 saturated heterocycles. The maximum absolute atomic E-state index is 12.7. The smallest absolute Gasteiger partial charge is 0.183 e. The molecule has 1 aromatic rings. The van der Waals surface area contributed by atoms with E-state index in [9.17, 15) is 4.79 Å². The van der Waals surface area contributed by atoms with Crippen molar-refractivity contribution < 1.29 is 9.53 Å². The van der Waals surface area contributed by atoms with Crippen molar-refractivity contribution in [3.63, 3.8) is 0 Å². The number of hydrogen-bond donors (Lipinski definition) is 0. The van der Waals surface area contributed by atoms with Crippen LogP contribution in [0.3, 0.4) is 0 Å². The van der Waals surface area contributed by atoms with E-state index in [0.29, 0.717) is 5.92 Å². The second-order valence-electron chi connectivity index (χ2n) is 7.54. The van der Waals surface area contributed by atoms with E-state index in [0.717, 1.165) is 36.4 Å². The fraction of sp³-hybridized carbons (Fsp3) is 0.476. The molecule has 0 N–H and O–H groups in total. The third-order valence-corrected chi connectivity index (χ3v) is 4.47. The molecule has 0 aromatic heterocycles. The van der Waals surface area contributed by atoms with Gasteiger partial charge in [0.05, 0.1) is 7.11 Å². The molecule has 1 aliphatic heterocycles.